The molecule has 2 amide bonds. The molecule has 2 aliphatic carbocycles. The maximum atomic E-state index is 15.2. The molecule has 0 atom stereocenters. The molecule has 12 aromatic heterocycles. The maximum absolute atomic E-state index is 15.2. The van der Waals surface area contributed by atoms with Crippen molar-refractivity contribution in [2.45, 2.75) is 65.7 Å². The Morgan fingerprint density at radius 1 is 0.503 bits per heavy atom. The standard InChI is InChI=1S/C29H22ClFN2O3.C28H20ClN3O5S.C25H15ClFN3O5.C25H14F2N4O5/c1-15-7-8-17-12-18(29(30)32-22(17)11-15)14-33-23-13-21(31)19-9-10-36-28(19)26(23)25(27(33)16(2)34)20-5-3-4-6-24(20)35;1-38(35,36)31-28(34)25-23(19-7-3-5-9-22(19)33)24-21(11-10-16-12-13-37-26(16)24)32(25)15-18-14-17-6-2-4-8-20(17)30-27(18)29;26-15-8-17-11(7-19(31)29-17)6-12(15)10-30-18-9-16(27)13-3-5-35-23(13)21(18)20(22(30)25(33)34)14-2-1-4-28-24(14)32;26-15-7-17-14(24(33)30-10-29-17)6-11(15)9-31-18-8-16(27)12-3-5-36-22(12)20(18)19(21(31)25(34)35)13-2-1-4-28-23(13)32/h3-5,7-8,11-13H,6,9-10,14H2,1-2H3;2-8,10-14H,9,15H2,1H3,(H,31,34);1-6,8-9H,7,10H2,(H,28,32)(H,29,31)(H,33,34);1-8,10H,9H2,(H,28,32)(H,34,35)(H,29,30,33). The number of H-pyrrole nitrogens is 3. The van der Waals surface area contributed by atoms with Crippen molar-refractivity contribution in [2.24, 2.45) is 0 Å². The second-order valence-electron chi connectivity index (χ2n) is 34.8. The fourth-order valence-electron chi connectivity index (χ4n) is 19.6. The van der Waals surface area contributed by atoms with E-state index in [2.05, 4.69) is 39.9 Å². The van der Waals surface area contributed by atoms with Gasteiger partial charge in [-0.25, -0.2) is 55.2 Å². The number of aromatic amines is 3. The molecule has 24 rings (SSSR count). The van der Waals surface area contributed by atoms with E-state index in [0.717, 1.165) is 63.0 Å². The van der Waals surface area contributed by atoms with Gasteiger partial charge in [-0.15, -0.1) is 0 Å². The van der Waals surface area contributed by atoms with Gasteiger partial charge in [0.25, 0.3) is 22.6 Å². The molecule has 0 bridgehead atoms. The van der Waals surface area contributed by atoms with Crippen molar-refractivity contribution in [3.05, 3.63) is 368 Å². The van der Waals surface area contributed by atoms with Crippen molar-refractivity contribution in [1.82, 2.24) is 52.9 Å². The molecule has 722 valence electrons. The zero-order valence-corrected chi connectivity index (χ0v) is 78.9. The minimum atomic E-state index is -3.92. The highest BCUT2D eigenvalue weighted by molar-refractivity contribution is 7.89. The van der Waals surface area contributed by atoms with Crippen LogP contribution < -0.4 is 31.5 Å². The average molecular weight is 2030 g/mol. The number of para-hydroxylation sites is 1. The third kappa shape index (κ3) is 16.7. The maximum Gasteiger partial charge on any atom is 0.353 e. The molecular weight excluding hydrogens is 1960 g/mol. The Morgan fingerprint density at radius 3 is 1.64 bits per heavy atom. The summed E-state index contributed by atoms with van der Waals surface area (Å²) in [6.45, 7) is 3.62. The van der Waals surface area contributed by atoms with Crippen molar-refractivity contribution in [3.63, 3.8) is 0 Å². The van der Waals surface area contributed by atoms with Gasteiger partial charge in [0.2, 0.25) is 15.9 Å². The molecule has 0 fully saturated rings. The van der Waals surface area contributed by atoms with Gasteiger partial charge in [0, 0.05) is 134 Å². The highest BCUT2D eigenvalue weighted by Gasteiger charge is 2.38. The van der Waals surface area contributed by atoms with Crippen LogP contribution in [0.3, 0.4) is 0 Å². The number of hydrogen-bond acceptors (Lipinski definition) is 19. The van der Waals surface area contributed by atoms with Crippen LogP contribution in [0.25, 0.3) is 143 Å². The monoisotopic (exact) mass is 2020 g/mol. The molecule has 14 heterocycles. The van der Waals surface area contributed by atoms with Crippen molar-refractivity contribution < 1.29 is 87.7 Å². The topological polar surface area (TPSA) is 424 Å². The summed E-state index contributed by atoms with van der Waals surface area (Å²) in [5, 5.41) is 28.6. The lowest BCUT2D eigenvalue weighted by molar-refractivity contribution is -0.115. The predicted octanol–water partition coefficient (Wildman–Crippen LogP) is 20.4. The Kier molecular flexibility index (Phi) is 23.9. The first-order valence-electron chi connectivity index (χ1n) is 44.7. The molecule has 2 aliphatic heterocycles. The van der Waals surface area contributed by atoms with Crippen LogP contribution in [-0.4, -0.2) is 121 Å². The number of carboxylic acid groups (broad SMARTS) is 2. The lowest BCUT2D eigenvalue weighted by Gasteiger charge is -2.15. The van der Waals surface area contributed by atoms with E-state index in [4.69, 9.17) is 52.8 Å². The Bertz CT molecular complexity index is 9620. The number of nitrogens with zero attached hydrogens (tertiary/aromatic N) is 7. The van der Waals surface area contributed by atoms with Crippen LogP contribution in [0.4, 0.5) is 23.2 Å². The van der Waals surface area contributed by atoms with Gasteiger partial charge < -0.3 is 66.7 Å². The molecule has 0 saturated heterocycles. The molecule has 7 N–H and O–H groups in total. The van der Waals surface area contributed by atoms with Gasteiger partial charge in [0.15, 0.2) is 17.3 Å². The van der Waals surface area contributed by atoms with E-state index in [1.807, 2.05) is 73.7 Å². The molecule has 20 aromatic rings. The SMILES string of the molecule is CC(=O)c1c(C2=CC=CCC2=O)c2c3c(c(F)cc2n1Cc1cc2ccc(C)cc2nc1Cl)CCO3.CS(=O)(=O)NC(=O)c1c(C2=CC=CCC2=O)c2c3occc3ccc2n1Cc1cc2ccccc2nc1Cl.O=C(O)c1c(-c2ccc[nH]c2=O)c2c3occc3c(F)cc2n1Cc1cc2c(=O)[nH]cnc2cc1F.O=C1Cc2cc(Cn3c(C(=O)O)c(-c4ccc[nH]c4=O)c4c5occc5c(F)cc43)c(Cl)cc2N1. The van der Waals surface area contributed by atoms with E-state index in [0.29, 0.717) is 118 Å². The number of carbonyl (C=O) groups is 7. The Morgan fingerprint density at radius 2 is 1.04 bits per heavy atom. The second-order valence-corrected chi connectivity index (χ2v) is 37.7. The number of anilines is 1. The van der Waals surface area contributed by atoms with Crippen molar-refractivity contribution in [2.75, 3.05) is 18.2 Å². The van der Waals surface area contributed by atoms with Crippen LogP contribution in [0.5, 0.6) is 5.75 Å². The number of carboxylic acids is 2. The number of amides is 2. The van der Waals surface area contributed by atoms with Gasteiger partial charge in [-0.05, 0) is 139 Å². The number of fused-ring (bicyclic) bond motifs is 16. The summed E-state index contributed by atoms with van der Waals surface area (Å²) in [4.78, 5) is 148. The first-order chi connectivity index (χ1) is 69.7. The molecule has 0 radical (unpaired) electrons. The van der Waals surface area contributed by atoms with Gasteiger partial charge in [0.1, 0.15) is 73.2 Å². The molecular formula is C107H71Cl3F4N12O18S. The predicted molar refractivity (Wildman–Crippen MR) is 539 cm³/mol. The minimum absolute atomic E-state index is 0.0000104. The zero-order valence-electron chi connectivity index (χ0n) is 75.8. The van der Waals surface area contributed by atoms with E-state index in [-0.39, 0.29) is 168 Å². The number of sulfonamides is 1. The fourth-order valence-corrected chi connectivity index (χ4v) is 20.6. The van der Waals surface area contributed by atoms with Gasteiger partial charge >= 0.3 is 11.9 Å². The average Bonchev–Trinajstić information content (AvgIpc) is 1.57. The number of pyridine rings is 4. The van der Waals surface area contributed by atoms with Gasteiger partial charge in [-0.2, -0.15) is 0 Å². The lowest BCUT2D eigenvalue weighted by atomic mass is 9.92. The highest BCUT2D eigenvalue weighted by atomic mass is 35.5. The molecule has 0 spiro atoms. The van der Waals surface area contributed by atoms with E-state index in [1.54, 1.807) is 69.9 Å². The number of nitrogens with one attached hydrogen (secondary N) is 5. The van der Waals surface area contributed by atoms with Crippen LogP contribution in [0.2, 0.25) is 15.3 Å². The number of ketones is 3. The molecule has 30 nitrogen and oxygen atoms in total. The third-order valence-electron chi connectivity index (χ3n) is 25.8. The molecule has 0 unspecified atom stereocenters. The van der Waals surface area contributed by atoms with Crippen LogP contribution in [0, 0.1) is 30.2 Å². The van der Waals surface area contributed by atoms with Crippen molar-refractivity contribution >= 4 is 212 Å². The summed E-state index contributed by atoms with van der Waals surface area (Å²) in [5.41, 5.74) is 8.22. The first-order valence-corrected chi connectivity index (χ1v) is 47.7. The number of aromatic nitrogens is 10. The lowest BCUT2D eigenvalue weighted by Crippen LogP contribution is -2.32. The Balaban J connectivity index is 0.000000114. The Hall–Kier alpha value is -17.4. The Labute approximate surface area is 827 Å². The minimum Gasteiger partial charge on any atom is -0.492 e. The number of rotatable bonds is 17. The van der Waals surface area contributed by atoms with Crippen LogP contribution in [0.1, 0.15) is 112 Å². The number of benzene rings is 8. The smallest absolute Gasteiger partial charge is 0.353 e. The molecule has 38 heteroatoms. The van der Waals surface area contributed by atoms with Crippen LogP contribution >= 0.6 is 34.8 Å². The number of aryl methyl sites for hydroxylation is 1. The summed E-state index contributed by atoms with van der Waals surface area (Å²) in [6, 6.07) is 41.0. The van der Waals surface area contributed by atoms with E-state index in [1.165, 1.54) is 95.8 Å². The number of ether oxygens (including phenoxy) is 1. The summed E-state index contributed by atoms with van der Waals surface area (Å²) >= 11 is 19.7. The number of hydrogen-bond donors (Lipinski definition) is 7. The number of allylic oxidation sites excluding steroid dienone is 8. The first kappa shape index (κ1) is 93.9. The fraction of sp³-hybridized carbons (Fsp3) is 0.112. The number of Topliss-reactive ketones (excluding diaryl/α,β-unsaturated/α-hetero) is 3. The number of furan rings is 3. The van der Waals surface area contributed by atoms with Crippen molar-refractivity contribution in [3.8, 4) is 28.0 Å². The molecule has 0 saturated carbocycles. The number of halogens is 7. The van der Waals surface area contributed by atoms with Gasteiger partial charge in [-0.3, -0.25) is 38.4 Å². The van der Waals surface area contributed by atoms with Crippen LogP contribution in [0.15, 0.2) is 253 Å². The molecule has 4 aliphatic rings. The normalized spacial score (nSPS) is 13.4. The van der Waals surface area contributed by atoms with Crippen molar-refractivity contribution in [1.29, 1.82) is 0 Å². The number of aromatic carboxylic acids is 2. The van der Waals surface area contributed by atoms with E-state index in [9.17, 15) is 66.6 Å². The van der Waals surface area contributed by atoms with Crippen LogP contribution in [-0.2, 0) is 63.4 Å². The van der Waals surface area contributed by atoms with Gasteiger partial charge in [-0.1, -0.05) is 102 Å². The summed E-state index contributed by atoms with van der Waals surface area (Å²) in [5.74, 6) is -6.32. The largest absolute Gasteiger partial charge is 0.492 e. The molecule has 145 heavy (non-hydrogen) atoms. The second kappa shape index (κ2) is 36.9. The van der Waals surface area contributed by atoms with Gasteiger partial charge in [0.05, 0.1) is 157 Å². The quantitative estimate of drug-likeness (QED) is 0.0253. The summed E-state index contributed by atoms with van der Waals surface area (Å²) in [7, 11) is -3.92. The number of carbonyl (C=O) groups excluding carboxylic acids is 5. The zero-order chi connectivity index (χ0) is 101. The highest BCUT2D eigenvalue weighted by Crippen LogP contribution is 2.49. The third-order valence-corrected chi connectivity index (χ3v) is 27.3. The summed E-state index contributed by atoms with van der Waals surface area (Å²) < 4.78 is 116. The molecule has 8 aromatic carbocycles. The summed E-state index contributed by atoms with van der Waals surface area (Å²) in [6.07, 6.45) is 20.4. The van der Waals surface area contributed by atoms with E-state index < -0.39 is 67.8 Å². The van der Waals surface area contributed by atoms with E-state index >= 15 is 17.6 Å².